The van der Waals surface area contributed by atoms with Crippen LogP contribution in [0.2, 0.25) is 0 Å². The standard InChI is InChI=1S/C10H16N.C9H13.C3H7.CH3Si.Ti/c11-10-4-7-1-8(5-10)3-9(2-7)6-10;1-6-5-7(2)9(4)8(6)3;1-3-2;1-2;/h7-9,11H,1-6H2;5H,1-4H3;3H,1-2H3;1H,2H2;/q4*-1;+4. The predicted molar refractivity (Wildman–Crippen MR) is 116 cm³/mol. The van der Waals surface area contributed by atoms with Gasteiger partial charge in [0.1, 0.15) is 0 Å². The van der Waals surface area contributed by atoms with Crippen LogP contribution < -0.4 is 0 Å². The molecular weight excluding hydrogens is 366 g/mol. The first-order chi connectivity index (χ1) is 11.8. The summed E-state index contributed by atoms with van der Waals surface area (Å²) in [5, 5.41) is 0. The summed E-state index contributed by atoms with van der Waals surface area (Å²) in [4.78, 5) is 0. The average Bonchev–Trinajstić information content (AvgIpc) is 2.74. The van der Waals surface area contributed by atoms with Crippen LogP contribution in [0.1, 0.15) is 74.6 Å². The van der Waals surface area contributed by atoms with E-state index in [1.165, 1.54) is 70.6 Å². The Balaban J connectivity index is 0.000000381. The molecule has 0 spiro atoms. The molecule has 4 saturated carbocycles. The van der Waals surface area contributed by atoms with Gasteiger partial charge in [-0.25, -0.2) is 9.85 Å². The molecule has 0 unspecified atom stereocenters. The van der Waals surface area contributed by atoms with Gasteiger partial charge >= 0.3 is 21.7 Å². The van der Waals surface area contributed by atoms with Crippen molar-refractivity contribution in [2.45, 2.75) is 85.6 Å². The second kappa shape index (κ2) is 11.8. The largest absolute Gasteiger partial charge is 4.00 e. The van der Waals surface area contributed by atoms with Gasteiger partial charge in [0.2, 0.25) is 0 Å². The zero-order valence-corrected chi connectivity index (χ0v) is 20.9. The molecule has 5 rings (SSSR count). The Bertz CT molecular complexity index is 477. The summed E-state index contributed by atoms with van der Waals surface area (Å²) < 4.78 is 0. The Labute approximate surface area is 181 Å². The minimum Gasteiger partial charge on any atom is -0.672 e. The quantitative estimate of drug-likeness (QED) is 0.385. The average molecular weight is 406 g/mol. The topological polar surface area (TPSA) is 23.8 Å². The fourth-order valence-corrected chi connectivity index (χ4v) is 5.24. The molecule has 1 aromatic rings. The van der Waals surface area contributed by atoms with Gasteiger partial charge in [-0.15, -0.1) is 5.54 Å². The van der Waals surface area contributed by atoms with E-state index in [4.69, 9.17) is 5.73 Å². The molecule has 1 nitrogen and oxygen atoms in total. The van der Waals surface area contributed by atoms with Crippen LogP contribution in [0.15, 0.2) is 6.07 Å². The van der Waals surface area contributed by atoms with Crippen molar-refractivity contribution in [3.8, 4) is 0 Å². The molecule has 4 aliphatic carbocycles. The third kappa shape index (κ3) is 6.93. The van der Waals surface area contributed by atoms with Gasteiger partial charge in [-0.3, -0.25) is 0 Å². The smallest absolute Gasteiger partial charge is 0.672 e. The molecule has 1 aromatic carbocycles. The van der Waals surface area contributed by atoms with Crippen molar-refractivity contribution in [2.24, 2.45) is 17.8 Å². The Morgan fingerprint density at radius 2 is 1.38 bits per heavy atom. The van der Waals surface area contributed by atoms with E-state index in [2.05, 4.69) is 39.9 Å². The molecule has 0 radical (unpaired) electrons. The van der Waals surface area contributed by atoms with Gasteiger partial charge in [0.05, 0.1) is 0 Å². The summed E-state index contributed by atoms with van der Waals surface area (Å²) >= 11 is 0. The minimum absolute atomic E-state index is 0. The van der Waals surface area contributed by atoms with Gasteiger partial charge in [0, 0.05) is 0 Å². The molecular formula is C23H39NSiTi. The summed E-state index contributed by atoms with van der Waals surface area (Å²) in [6.45, 7) is 12.7. The zero-order valence-electron chi connectivity index (χ0n) is 17.9. The first kappa shape index (κ1) is 26.1. The Morgan fingerprint density at radius 1 is 1.04 bits per heavy atom. The van der Waals surface area contributed by atoms with Crippen LogP contribution in [-0.4, -0.2) is 21.6 Å². The maximum atomic E-state index is 8.21. The zero-order chi connectivity index (χ0) is 19.2. The molecule has 0 amide bonds. The predicted octanol–water partition coefficient (Wildman–Crippen LogP) is 5.80. The molecule has 0 saturated heterocycles. The van der Waals surface area contributed by atoms with E-state index in [-0.39, 0.29) is 27.3 Å². The number of nitrogens with one attached hydrogen (secondary N) is 1. The van der Waals surface area contributed by atoms with E-state index in [1.54, 1.807) is 0 Å². The second-order valence-corrected chi connectivity index (χ2v) is 8.54. The molecule has 4 fully saturated rings. The Kier molecular flexibility index (Phi) is 11.9. The summed E-state index contributed by atoms with van der Waals surface area (Å²) in [6, 6.07) is 2.24. The van der Waals surface area contributed by atoms with Crippen LogP contribution in [0.3, 0.4) is 0 Å². The normalized spacial score (nSPS) is 29.9. The molecule has 1 N–H and O–H groups in total. The van der Waals surface area contributed by atoms with Crippen LogP contribution >= 0.6 is 0 Å². The molecule has 3 heteroatoms. The number of rotatable bonds is 0. The minimum atomic E-state index is 0. The molecule has 0 atom stereocenters. The molecule has 4 aliphatic rings. The maximum absolute atomic E-state index is 8.21. The van der Waals surface area contributed by atoms with Crippen LogP contribution in [-0.2, 0) is 21.7 Å². The van der Waals surface area contributed by atoms with Crippen molar-refractivity contribution in [3.63, 3.8) is 0 Å². The number of aryl methyl sites for hydroxylation is 2. The van der Waals surface area contributed by atoms with Crippen LogP contribution in [0.25, 0.3) is 5.73 Å². The molecule has 4 bridgehead atoms. The number of hydrogen-bond acceptors (Lipinski definition) is 0. The van der Waals surface area contributed by atoms with E-state index < -0.39 is 0 Å². The van der Waals surface area contributed by atoms with Crippen molar-refractivity contribution in [1.82, 2.24) is 0 Å². The third-order valence-electron chi connectivity index (χ3n) is 6.22. The molecule has 144 valence electrons. The fourth-order valence-electron chi connectivity index (χ4n) is 5.24. The van der Waals surface area contributed by atoms with Crippen LogP contribution in [0.4, 0.5) is 0 Å². The monoisotopic (exact) mass is 405 g/mol. The Hall–Kier alpha value is 0.111. The van der Waals surface area contributed by atoms with E-state index in [0.717, 1.165) is 17.8 Å². The number of hydrogen-bond donors (Lipinski definition) is 0. The third-order valence-corrected chi connectivity index (χ3v) is 6.22. The van der Waals surface area contributed by atoms with Gasteiger partial charge < -0.3 is 18.3 Å². The van der Waals surface area contributed by atoms with E-state index >= 15 is 0 Å². The van der Waals surface area contributed by atoms with Gasteiger partial charge in [-0.1, -0.05) is 47.0 Å². The van der Waals surface area contributed by atoms with E-state index in [1.807, 2.05) is 20.3 Å². The summed E-state index contributed by atoms with van der Waals surface area (Å²) in [5.41, 5.74) is 14.0. The fraction of sp³-hybridized carbons (Fsp3) is 0.696. The summed E-state index contributed by atoms with van der Waals surface area (Å²) in [5.74, 6) is 2.87. The van der Waals surface area contributed by atoms with Gasteiger partial charge in [-0.2, -0.15) is 42.2 Å². The van der Waals surface area contributed by atoms with Crippen molar-refractivity contribution in [2.75, 3.05) is 0 Å². The first-order valence-electron chi connectivity index (χ1n) is 9.88. The van der Waals surface area contributed by atoms with Crippen molar-refractivity contribution >= 4 is 16.0 Å². The van der Waals surface area contributed by atoms with Gasteiger partial charge in [0.15, 0.2) is 0 Å². The van der Waals surface area contributed by atoms with Crippen molar-refractivity contribution < 1.29 is 21.7 Å². The van der Waals surface area contributed by atoms with Crippen molar-refractivity contribution in [1.29, 1.82) is 0 Å². The molecule has 0 heterocycles. The summed E-state index contributed by atoms with van der Waals surface area (Å²) in [7, 11) is 1.36. The van der Waals surface area contributed by atoms with E-state index in [9.17, 15) is 0 Å². The molecule has 0 aliphatic heterocycles. The summed E-state index contributed by atoms with van der Waals surface area (Å²) in [6.07, 6.45) is 14.6. The first-order valence-corrected chi connectivity index (χ1v) is 10.7. The molecule has 0 aromatic heterocycles. The molecule has 26 heavy (non-hydrogen) atoms. The second-order valence-electron chi connectivity index (χ2n) is 8.54. The van der Waals surface area contributed by atoms with Crippen LogP contribution in [0, 0.1) is 51.9 Å². The Morgan fingerprint density at radius 3 is 1.54 bits per heavy atom. The van der Waals surface area contributed by atoms with Gasteiger partial charge in [-0.05, 0) is 37.0 Å². The maximum Gasteiger partial charge on any atom is 4.00 e. The van der Waals surface area contributed by atoms with Crippen molar-refractivity contribution in [3.05, 3.63) is 40.5 Å². The SMILES string of the molecule is C[CH-]C.Cc1c[c-](C)c(C)c1C.[CH-]=[SiH2].[NH-]C12CC3CC(CC(C3)C1)C2.[Ti+4]. The van der Waals surface area contributed by atoms with Crippen LogP contribution in [0.5, 0.6) is 0 Å². The van der Waals surface area contributed by atoms with Gasteiger partial charge in [0.25, 0.3) is 0 Å². The van der Waals surface area contributed by atoms with E-state index in [0.29, 0.717) is 0 Å².